The van der Waals surface area contributed by atoms with Crippen molar-refractivity contribution >= 4 is 40.9 Å². The number of rotatable bonds is 7. The number of hydrogen-bond donors (Lipinski definition) is 2. The third-order valence-electron chi connectivity index (χ3n) is 3.63. The minimum absolute atomic E-state index is 0.0125. The van der Waals surface area contributed by atoms with Crippen molar-refractivity contribution in [1.29, 1.82) is 0 Å². The second-order valence-corrected chi connectivity index (χ2v) is 7.05. The number of carboxylic acids is 1. The normalized spacial score (nSPS) is 10.6. The van der Waals surface area contributed by atoms with Crippen LogP contribution in [0.5, 0.6) is 5.95 Å². The van der Waals surface area contributed by atoms with Crippen LogP contribution in [0.25, 0.3) is 5.69 Å². The monoisotopic (exact) mass is 419 g/mol. The van der Waals surface area contributed by atoms with Gasteiger partial charge in [0.2, 0.25) is 11.6 Å². The zero-order chi connectivity index (χ0) is 20.1. The summed E-state index contributed by atoms with van der Waals surface area (Å²) in [6, 6.07) is 13.0. The Bertz CT molecular complexity index is 1010. The lowest BCUT2D eigenvalue weighted by molar-refractivity contribution is -0.705. The fraction of sp³-hybridized carbons (Fsp3) is 0.111. The van der Waals surface area contributed by atoms with E-state index in [9.17, 15) is 14.7 Å². The molecule has 1 amide bonds. The summed E-state index contributed by atoms with van der Waals surface area (Å²) >= 11 is 7.12. The molecule has 0 spiro atoms. The number of anilines is 1. The average molecular weight is 420 g/mol. The lowest BCUT2D eigenvalue weighted by Gasteiger charge is -2.08. The molecule has 3 rings (SSSR count). The van der Waals surface area contributed by atoms with E-state index in [2.05, 4.69) is 10.6 Å². The number of carboxylic acid groups (broad SMARTS) is 1. The van der Waals surface area contributed by atoms with Crippen LogP contribution in [0.4, 0.5) is 5.69 Å². The number of carbonyl (C=O) groups is 2. The van der Waals surface area contributed by atoms with Crippen LogP contribution in [-0.2, 0) is 4.79 Å². The molecule has 0 aliphatic rings. The van der Waals surface area contributed by atoms with E-state index in [0.717, 1.165) is 11.8 Å². The molecule has 0 saturated heterocycles. The maximum Gasteiger partial charge on any atom is 0.335 e. The summed E-state index contributed by atoms with van der Waals surface area (Å²) in [6.45, 7) is 0. The van der Waals surface area contributed by atoms with E-state index >= 15 is 0 Å². The standard InChI is InChI=1S/C18H14ClN3O5S/c19-13-7-6-11(17(24)25)10-14(13)20-15(23)8-9-28-16-18(26)27-21-22(16)12-4-2-1-3-5-12/h1-7,10H,8-9H2,(H2-,20,21,23,24,25,26). The van der Waals surface area contributed by atoms with Gasteiger partial charge in [-0.05, 0) is 22.9 Å². The number of thioether (sulfide) groups is 1. The van der Waals surface area contributed by atoms with Crippen LogP contribution in [0.3, 0.4) is 0 Å². The van der Waals surface area contributed by atoms with Crippen LogP contribution < -0.4 is 15.1 Å². The highest BCUT2D eigenvalue weighted by Gasteiger charge is 2.21. The summed E-state index contributed by atoms with van der Waals surface area (Å²) in [5.74, 6) is -1.80. The molecule has 0 fully saturated rings. The number of nitrogens with zero attached hydrogens (tertiary/aromatic N) is 2. The fourth-order valence-corrected chi connectivity index (χ4v) is 3.36. The zero-order valence-electron chi connectivity index (χ0n) is 14.3. The maximum atomic E-state index is 12.2. The van der Waals surface area contributed by atoms with Gasteiger partial charge >= 0.3 is 5.97 Å². The lowest BCUT2D eigenvalue weighted by atomic mass is 10.2. The average Bonchev–Trinajstić information content (AvgIpc) is 3.05. The second kappa shape index (κ2) is 8.77. The summed E-state index contributed by atoms with van der Waals surface area (Å²) in [6.07, 6.45) is 0.0672. The molecule has 2 aromatic carbocycles. The Morgan fingerprint density at radius 2 is 2.00 bits per heavy atom. The molecule has 0 unspecified atom stereocenters. The quantitative estimate of drug-likeness (QED) is 0.446. The molecule has 0 aliphatic heterocycles. The van der Waals surface area contributed by atoms with E-state index in [0.29, 0.717) is 5.69 Å². The first kappa shape index (κ1) is 19.7. The molecule has 3 aromatic rings. The first-order valence-electron chi connectivity index (χ1n) is 8.05. The zero-order valence-corrected chi connectivity index (χ0v) is 15.9. The highest BCUT2D eigenvalue weighted by Crippen LogP contribution is 2.25. The topological polar surface area (TPSA) is 119 Å². The Kier molecular flexibility index (Phi) is 6.17. The summed E-state index contributed by atoms with van der Waals surface area (Å²) < 4.78 is 6.09. The number of aromatic nitrogens is 2. The second-order valence-electron chi connectivity index (χ2n) is 5.56. The summed E-state index contributed by atoms with van der Waals surface area (Å²) in [5, 5.41) is 27.7. The van der Waals surface area contributed by atoms with Crippen molar-refractivity contribution in [1.82, 2.24) is 5.27 Å². The predicted octanol–water partition coefficient (Wildman–Crippen LogP) is 2.50. The predicted molar refractivity (Wildman–Crippen MR) is 99.9 cm³/mol. The minimum Gasteiger partial charge on any atom is -0.538 e. The van der Waals surface area contributed by atoms with E-state index in [1.807, 2.05) is 6.07 Å². The Hall–Kier alpha value is -3.04. The van der Waals surface area contributed by atoms with Gasteiger partial charge < -0.3 is 20.1 Å². The molecule has 0 bridgehead atoms. The molecule has 10 heteroatoms. The first-order valence-corrected chi connectivity index (χ1v) is 9.42. The SMILES string of the molecule is O=C(CCSc1c([O-])on[n+]1-c1ccccc1)Nc1cc(C(=O)O)ccc1Cl. The number of amides is 1. The number of nitrogens with one attached hydrogen (secondary N) is 1. The molecule has 144 valence electrons. The fourth-order valence-electron chi connectivity index (χ4n) is 2.30. The van der Waals surface area contributed by atoms with Gasteiger partial charge in [0.1, 0.15) is 0 Å². The van der Waals surface area contributed by atoms with Gasteiger partial charge in [-0.3, -0.25) is 4.79 Å². The van der Waals surface area contributed by atoms with Crippen molar-refractivity contribution in [2.24, 2.45) is 0 Å². The van der Waals surface area contributed by atoms with Crippen LogP contribution in [0.2, 0.25) is 5.02 Å². The number of para-hydroxylation sites is 1. The maximum absolute atomic E-state index is 12.2. The van der Waals surface area contributed by atoms with Crippen molar-refractivity contribution in [3.63, 3.8) is 0 Å². The molecule has 0 saturated carbocycles. The Morgan fingerprint density at radius 1 is 1.25 bits per heavy atom. The molecular weight excluding hydrogens is 406 g/mol. The lowest BCUT2D eigenvalue weighted by Crippen LogP contribution is -2.34. The van der Waals surface area contributed by atoms with Crippen molar-refractivity contribution in [3.8, 4) is 11.6 Å². The van der Waals surface area contributed by atoms with Crippen molar-refractivity contribution in [2.75, 3.05) is 11.1 Å². The van der Waals surface area contributed by atoms with Crippen LogP contribution in [-0.4, -0.2) is 28.0 Å². The van der Waals surface area contributed by atoms with Crippen molar-refractivity contribution in [3.05, 3.63) is 59.1 Å². The minimum atomic E-state index is -1.12. The number of aromatic carboxylic acids is 1. The summed E-state index contributed by atoms with van der Waals surface area (Å²) in [5.41, 5.74) is 0.890. The van der Waals surface area contributed by atoms with E-state index < -0.39 is 11.9 Å². The molecule has 28 heavy (non-hydrogen) atoms. The molecule has 1 heterocycles. The van der Waals surface area contributed by atoms with E-state index in [4.69, 9.17) is 21.2 Å². The van der Waals surface area contributed by atoms with Gasteiger partial charge in [0.15, 0.2) is 5.95 Å². The highest BCUT2D eigenvalue weighted by atomic mass is 35.5. The summed E-state index contributed by atoms with van der Waals surface area (Å²) in [7, 11) is 0. The number of carbonyl (C=O) groups excluding carboxylic acids is 1. The number of halogens is 1. The number of hydrogen-bond acceptors (Lipinski definition) is 6. The number of benzene rings is 2. The van der Waals surface area contributed by atoms with Gasteiger partial charge in [-0.15, -0.1) is 0 Å². The van der Waals surface area contributed by atoms with Crippen LogP contribution in [0, 0.1) is 0 Å². The van der Waals surface area contributed by atoms with Gasteiger partial charge in [0.05, 0.1) is 21.5 Å². The van der Waals surface area contributed by atoms with Crippen LogP contribution in [0.15, 0.2) is 58.1 Å². The summed E-state index contributed by atoms with van der Waals surface area (Å²) in [4.78, 5) is 23.2. The first-order chi connectivity index (χ1) is 13.5. The molecule has 0 radical (unpaired) electrons. The Morgan fingerprint density at radius 3 is 2.71 bits per heavy atom. The van der Waals surface area contributed by atoms with Gasteiger partial charge in [-0.1, -0.05) is 41.6 Å². The molecule has 8 nitrogen and oxygen atoms in total. The van der Waals surface area contributed by atoms with Crippen molar-refractivity contribution < 1.29 is 29.0 Å². The van der Waals surface area contributed by atoms with E-state index in [1.165, 1.54) is 22.9 Å². The Labute approximate surface area is 168 Å². The molecule has 2 N–H and O–H groups in total. The molecular formula is C18H14ClN3O5S. The van der Waals surface area contributed by atoms with E-state index in [-0.39, 0.29) is 39.4 Å². The van der Waals surface area contributed by atoms with Crippen LogP contribution >= 0.6 is 23.4 Å². The molecule has 1 aromatic heterocycles. The largest absolute Gasteiger partial charge is 0.538 e. The third-order valence-corrected chi connectivity index (χ3v) is 4.98. The smallest absolute Gasteiger partial charge is 0.335 e. The Balaban J connectivity index is 1.62. The van der Waals surface area contributed by atoms with Gasteiger partial charge in [0.25, 0.3) is 5.03 Å². The van der Waals surface area contributed by atoms with Gasteiger partial charge in [-0.2, -0.15) is 0 Å². The van der Waals surface area contributed by atoms with Crippen LogP contribution in [0.1, 0.15) is 16.8 Å². The molecule has 0 atom stereocenters. The molecule has 0 aliphatic carbocycles. The highest BCUT2D eigenvalue weighted by molar-refractivity contribution is 7.99. The van der Waals surface area contributed by atoms with Gasteiger partial charge in [0, 0.05) is 24.3 Å². The van der Waals surface area contributed by atoms with Crippen molar-refractivity contribution in [2.45, 2.75) is 11.4 Å². The van der Waals surface area contributed by atoms with E-state index in [1.54, 1.807) is 24.3 Å². The third kappa shape index (κ3) is 4.62. The van der Waals surface area contributed by atoms with Gasteiger partial charge in [-0.25, -0.2) is 4.79 Å².